The van der Waals surface area contributed by atoms with Crippen LogP contribution >= 0.6 is 0 Å². The summed E-state index contributed by atoms with van der Waals surface area (Å²) in [6.45, 7) is 9.54. The van der Waals surface area contributed by atoms with Crippen LogP contribution in [0.1, 0.15) is 46.3 Å². The third kappa shape index (κ3) is 9.99. The van der Waals surface area contributed by atoms with Crippen LogP contribution in [-0.2, 0) is 14.6 Å². The summed E-state index contributed by atoms with van der Waals surface area (Å²) in [5.41, 5.74) is 0.695. The van der Waals surface area contributed by atoms with Gasteiger partial charge in [-0.15, -0.1) is 0 Å². The topological polar surface area (TPSA) is 63.6 Å². The van der Waals surface area contributed by atoms with Gasteiger partial charge in [-0.05, 0) is 12.5 Å². The lowest BCUT2D eigenvalue weighted by molar-refractivity contribution is 0.201. The predicted molar refractivity (Wildman–Crippen MR) is 70.2 cm³/mol. The Kier molecular flexibility index (Phi) is 11.1. The zero-order valence-corrected chi connectivity index (χ0v) is 11.9. The second kappa shape index (κ2) is 10.3. The van der Waals surface area contributed by atoms with Crippen LogP contribution in [0.2, 0.25) is 0 Å². The molecule has 0 aliphatic rings. The van der Waals surface area contributed by atoms with Crippen LogP contribution in [0.3, 0.4) is 0 Å². The smallest absolute Gasteiger partial charge is 0.264 e. The Morgan fingerprint density at radius 2 is 1.47 bits per heavy atom. The normalized spacial score (nSPS) is 11.4. The minimum atomic E-state index is -4.37. The maximum absolute atomic E-state index is 10.3. The molecule has 0 fully saturated rings. The van der Waals surface area contributed by atoms with E-state index in [4.69, 9.17) is 4.55 Å². The Hall–Kier alpha value is -0.910. The highest BCUT2D eigenvalue weighted by atomic mass is 32.3. The molecule has 1 atom stereocenters. The summed E-state index contributed by atoms with van der Waals surface area (Å²) in [5, 5.41) is 0. The molecule has 0 aliphatic heterocycles. The third-order valence-corrected chi connectivity index (χ3v) is 2.07. The number of hydrogen-bond donors (Lipinski definition) is 1. The Morgan fingerprint density at radius 3 is 1.82 bits per heavy atom. The van der Waals surface area contributed by atoms with Crippen LogP contribution in [0.15, 0.2) is 30.3 Å². The van der Waals surface area contributed by atoms with E-state index in [2.05, 4.69) is 4.18 Å². The van der Waals surface area contributed by atoms with Gasteiger partial charge in [-0.1, -0.05) is 58.0 Å². The summed E-state index contributed by atoms with van der Waals surface area (Å²) in [5.74, 6) is 0. The van der Waals surface area contributed by atoms with Crippen LogP contribution in [0.4, 0.5) is 0 Å². The molecular formula is C12H22O4S. The van der Waals surface area contributed by atoms with Crippen molar-refractivity contribution in [3.8, 4) is 0 Å². The molecule has 100 valence electrons. The molecule has 0 heterocycles. The molecular weight excluding hydrogens is 240 g/mol. The fourth-order valence-corrected chi connectivity index (χ4v) is 1.44. The Bertz CT molecular complexity index is 359. The van der Waals surface area contributed by atoms with E-state index >= 15 is 0 Å². The molecule has 0 spiro atoms. The van der Waals surface area contributed by atoms with E-state index in [0.29, 0.717) is 5.56 Å². The Labute approximate surface area is 105 Å². The van der Waals surface area contributed by atoms with Gasteiger partial charge in [-0.3, -0.25) is 4.55 Å². The molecule has 0 bridgehead atoms. The lowest BCUT2D eigenvalue weighted by atomic mass is 10.1. The molecule has 4 nitrogen and oxygen atoms in total. The monoisotopic (exact) mass is 262 g/mol. The molecule has 0 aliphatic carbocycles. The quantitative estimate of drug-likeness (QED) is 0.845. The van der Waals surface area contributed by atoms with Gasteiger partial charge in [0.05, 0.1) is 0 Å². The van der Waals surface area contributed by atoms with Gasteiger partial charge in [0.25, 0.3) is 0 Å². The first-order valence-electron chi connectivity index (χ1n) is 5.69. The van der Waals surface area contributed by atoms with Gasteiger partial charge in [-0.25, -0.2) is 4.18 Å². The zero-order valence-electron chi connectivity index (χ0n) is 11.0. The highest BCUT2D eigenvalue weighted by Crippen LogP contribution is 2.17. The van der Waals surface area contributed by atoms with Crippen molar-refractivity contribution in [3.05, 3.63) is 35.9 Å². The first-order valence-corrected chi connectivity index (χ1v) is 7.06. The number of benzene rings is 1. The molecule has 1 rings (SSSR count). The molecule has 17 heavy (non-hydrogen) atoms. The van der Waals surface area contributed by atoms with E-state index in [0.717, 1.165) is 0 Å². The van der Waals surface area contributed by atoms with Crippen molar-refractivity contribution in [2.45, 2.75) is 40.7 Å². The fraction of sp³-hybridized carbons (Fsp3) is 0.500. The first-order chi connectivity index (χ1) is 7.99. The van der Waals surface area contributed by atoms with E-state index < -0.39 is 16.5 Å². The number of rotatable bonds is 3. The van der Waals surface area contributed by atoms with Crippen molar-refractivity contribution in [2.75, 3.05) is 0 Å². The highest BCUT2D eigenvalue weighted by molar-refractivity contribution is 7.80. The number of hydrogen-bond acceptors (Lipinski definition) is 3. The van der Waals surface area contributed by atoms with Gasteiger partial charge < -0.3 is 0 Å². The van der Waals surface area contributed by atoms with Gasteiger partial charge in [0.15, 0.2) is 0 Å². The van der Waals surface area contributed by atoms with Crippen LogP contribution < -0.4 is 0 Å². The molecule has 1 unspecified atom stereocenters. The molecule has 1 aromatic rings. The molecule has 0 saturated carbocycles. The van der Waals surface area contributed by atoms with Gasteiger partial charge in [0, 0.05) is 0 Å². The summed E-state index contributed by atoms with van der Waals surface area (Å²) >= 11 is 0. The molecule has 0 radical (unpaired) electrons. The summed E-state index contributed by atoms with van der Waals surface area (Å²) in [6, 6.07) is 8.77. The van der Waals surface area contributed by atoms with Gasteiger partial charge in [0.2, 0.25) is 0 Å². The maximum Gasteiger partial charge on any atom is 0.397 e. The second-order valence-corrected chi connectivity index (χ2v) is 3.62. The van der Waals surface area contributed by atoms with Crippen LogP contribution in [0.5, 0.6) is 0 Å². The van der Waals surface area contributed by atoms with Crippen LogP contribution in [0, 0.1) is 0 Å². The first kappa shape index (κ1) is 18.5. The summed E-state index contributed by atoms with van der Waals surface area (Å²) in [7, 11) is -4.37. The average molecular weight is 262 g/mol. The third-order valence-electron chi connectivity index (χ3n) is 1.53. The van der Waals surface area contributed by atoms with Crippen molar-refractivity contribution in [1.82, 2.24) is 0 Å². The van der Waals surface area contributed by atoms with Crippen LogP contribution in [-0.4, -0.2) is 13.0 Å². The fourth-order valence-electron chi connectivity index (χ4n) is 0.962. The Balaban J connectivity index is 0. The minimum Gasteiger partial charge on any atom is -0.264 e. The van der Waals surface area contributed by atoms with E-state index in [-0.39, 0.29) is 0 Å². The SMILES string of the molecule is CC.CC.CC(OS(=O)(=O)O)c1ccccc1. The maximum atomic E-state index is 10.3. The van der Waals surface area contributed by atoms with E-state index in [9.17, 15) is 8.42 Å². The van der Waals surface area contributed by atoms with Gasteiger partial charge in [0.1, 0.15) is 6.10 Å². The zero-order chi connectivity index (χ0) is 13.9. The lowest BCUT2D eigenvalue weighted by Crippen LogP contribution is -2.07. The van der Waals surface area contributed by atoms with Crippen molar-refractivity contribution < 1.29 is 17.2 Å². The van der Waals surface area contributed by atoms with Crippen molar-refractivity contribution in [3.63, 3.8) is 0 Å². The van der Waals surface area contributed by atoms with Gasteiger partial charge in [-0.2, -0.15) is 8.42 Å². The molecule has 5 heteroatoms. The minimum absolute atomic E-state index is 0.670. The summed E-state index contributed by atoms with van der Waals surface area (Å²) in [4.78, 5) is 0. The van der Waals surface area contributed by atoms with E-state index in [1.165, 1.54) is 0 Å². The lowest BCUT2D eigenvalue weighted by Gasteiger charge is -2.09. The predicted octanol–water partition coefficient (Wildman–Crippen LogP) is 3.62. The van der Waals surface area contributed by atoms with Crippen molar-refractivity contribution in [1.29, 1.82) is 0 Å². The molecule has 0 saturated heterocycles. The summed E-state index contributed by atoms with van der Waals surface area (Å²) in [6.07, 6.45) is -0.670. The molecule has 1 aromatic carbocycles. The van der Waals surface area contributed by atoms with E-state index in [1.807, 2.05) is 33.8 Å². The molecule has 1 N–H and O–H groups in total. The largest absolute Gasteiger partial charge is 0.397 e. The van der Waals surface area contributed by atoms with Gasteiger partial charge >= 0.3 is 10.4 Å². The van der Waals surface area contributed by atoms with E-state index in [1.54, 1.807) is 31.2 Å². The van der Waals surface area contributed by atoms with Crippen molar-refractivity contribution in [2.24, 2.45) is 0 Å². The summed E-state index contributed by atoms with van der Waals surface area (Å²) < 4.78 is 33.4. The molecule has 0 amide bonds. The standard InChI is InChI=1S/C8H10O4S.2C2H6/c1-7(12-13(9,10)11)8-5-3-2-4-6-8;2*1-2/h2-7H,1H3,(H,9,10,11);2*1-2H3. The highest BCUT2D eigenvalue weighted by Gasteiger charge is 2.13. The van der Waals surface area contributed by atoms with Crippen LogP contribution in [0.25, 0.3) is 0 Å². The second-order valence-electron chi connectivity index (χ2n) is 2.58. The Morgan fingerprint density at radius 1 is 1.06 bits per heavy atom. The average Bonchev–Trinajstić information content (AvgIpc) is 2.33. The molecule has 0 aromatic heterocycles. The van der Waals surface area contributed by atoms with Crippen molar-refractivity contribution >= 4 is 10.4 Å².